The second-order valence-corrected chi connectivity index (χ2v) is 8.42. The number of nitrogens with zero attached hydrogens (tertiary/aromatic N) is 4. The van der Waals surface area contributed by atoms with Gasteiger partial charge in [0.05, 0.1) is 35.7 Å². The number of amides is 1. The molecular formula is C28H25N5O3. The van der Waals surface area contributed by atoms with Gasteiger partial charge in [-0.2, -0.15) is 5.10 Å². The Balaban J connectivity index is 1.42. The number of aromatic nitrogens is 4. The number of benzene rings is 3. The summed E-state index contributed by atoms with van der Waals surface area (Å²) in [5.74, 6) is 0.968. The zero-order chi connectivity index (χ0) is 25.1. The van der Waals surface area contributed by atoms with Crippen LogP contribution in [0.2, 0.25) is 0 Å². The minimum atomic E-state index is -0.241. The van der Waals surface area contributed by atoms with Crippen molar-refractivity contribution < 1.29 is 9.53 Å². The summed E-state index contributed by atoms with van der Waals surface area (Å²) in [6.07, 6.45) is 1.58. The van der Waals surface area contributed by atoms with E-state index in [2.05, 4.69) is 10.3 Å². The number of methoxy groups -OCH3 is 1. The molecule has 5 rings (SSSR count). The molecule has 2 heterocycles. The molecule has 0 aliphatic carbocycles. The lowest BCUT2D eigenvalue weighted by molar-refractivity contribution is -0.116. The summed E-state index contributed by atoms with van der Waals surface area (Å²) >= 11 is 0. The number of anilines is 1. The lowest BCUT2D eigenvalue weighted by Crippen LogP contribution is -2.24. The Hall–Kier alpha value is -4.72. The highest BCUT2D eigenvalue weighted by molar-refractivity contribution is 5.91. The van der Waals surface area contributed by atoms with Crippen LogP contribution < -0.4 is 15.6 Å². The van der Waals surface area contributed by atoms with Crippen molar-refractivity contribution in [1.29, 1.82) is 0 Å². The number of para-hydroxylation sites is 2. The first-order valence-corrected chi connectivity index (χ1v) is 11.6. The van der Waals surface area contributed by atoms with Gasteiger partial charge in [0.2, 0.25) is 5.91 Å². The summed E-state index contributed by atoms with van der Waals surface area (Å²) in [5, 5.41) is 8.26. The molecule has 5 aromatic rings. The molecule has 0 saturated heterocycles. The van der Waals surface area contributed by atoms with Crippen molar-refractivity contribution >= 4 is 22.6 Å². The van der Waals surface area contributed by atoms with Crippen LogP contribution in [0, 0.1) is 6.92 Å². The average molecular weight is 480 g/mol. The number of nitrogens with one attached hydrogen (secondary N) is 1. The van der Waals surface area contributed by atoms with Gasteiger partial charge >= 0.3 is 0 Å². The van der Waals surface area contributed by atoms with Crippen LogP contribution in [0.5, 0.6) is 5.75 Å². The van der Waals surface area contributed by atoms with E-state index < -0.39 is 0 Å². The molecule has 1 N–H and O–H groups in total. The third-order valence-corrected chi connectivity index (χ3v) is 5.95. The van der Waals surface area contributed by atoms with Gasteiger partial charge in [0.25, 0.3) is 5.56 Å². The van der Waals surface area contributed by atoms with Crippen LogP contribution >= 0.6 is 0 Å². The van der Waals surface area contributed by atoms with Crippen molar-refractivity contribution in [2.75, 3.05) is 12.4 Å². The van der Waals surface area contributed by atoms with E-state index in [-0.39, 0.29) is 24.4 Å². The van der Waals surface area contributed by atoms with Crippen LogP contribution in [0.15, 0.2) is 90.0 Å². The minimum absolute atomic E-state index is 0.100. The molecule has 1 amide bonds. The van der Waals surface area contributed by atoms with Gasteiger partial charge in [-0.25, -0.2) is 9.67 Å². The molecule has 3 aromatic carbocycles. The predicted molar refractivity (Wildman–Crippen MR) is 140 cm³/mol. The van der Waals surface area contributed by atoms with E-state index in [1.54, 1.807) is 30.0 Å². The van der Waals surface area contributed by atoms with E-state index in [1.165, 1.54) is 10.9 Å². The molecule has 8 heteroatoms. The van der Waals surface area contributed by atoms with Crippen LogP contribution in [0.25, 0.3) is 27.8 Å². The first-order valence-electron chi connectivity index (χ1n) is 11.6. The van der Waals surface area contributed by atoms with E-state index in [4.69, 9.17) is 9.84 Å². The van der Waals surface area contributed by atoms with Crippen molar-refractivity contribution in [1.82, 2.24) is 19.3 Å². The molecule has 180 valence electrons. The van der Waals surface area contributed by atoms with Crippen LogP contribution in [0.3, 0.4) is 0 Å². The summed E-state index contributed by atoms with van der Waals surface area (Å²) in [7, 11) is 1.61. The summed E-state index contributed by atoms with van der Waals surface area (Å²) in [6, 6.07) is 24.5. The number of rotatable bonds is 7. The monoisotopic (exact) mass is 479 g/mol. The summed E-state index contributed by atoms with van der Waals surface area (Å²) < 4.78 is 8.66. The van der Waals surface area contributed by atoms with Gasteiger partial charge in [0.15, 0.2) is 0 Å². The molecule has 8 nitrogen and oxygen atoms in total. The molecular weight excluding hydrogens is 454 g/mol. The number of hydrogen-bond donors (Lipinski definition) is 1. The van der Waals surface area contributed by atoms with Gasteiger partial charge in [-0.15, -0.1) is 0 Å². The summed E-state index contributed by atoms with van der Waals surface area (Å²) in [5.41, 5.74) is 3.88. The van der Waals surface area contributed by atoms with Gasteiger partial charge in [-0.1, -0.05) is 42.0 Å². The molecule has 0 unspecified atom stereocenters. The highest BCUT2D eigenvalue weighted by Crippen LogP contribution is 2.31. The fourth-order valence-electron chi connectivity index (χ4n) is 4.03. The largest absolute Gasteiger partial charge is 0.496 e. The Morgan fingerprint density at radius 3 is 2.56 bits per heavy atom. The molecule has 2 aromatic heterocycles. The van der Waals surface area contributed by atoms with Gasteiger partial charge < -0.3 is 10.1 Å². The van der Waals surface area contributed by atoms with E-state index in [1.807, 2.05) is 67.6 Å². The smallest absolute Gasteiger partial charge is 0.261 e. The van der Waals surface area contributed by atoms with Crippen LogP contribution in [0.1, 0.15) is 12.0 Å². The van der Waals surface area contributed by atoms with E-state index in [0.29, 0.717) is 28.2 Å². The minimum Gasteiger partial charge on any atom is -0.496 e. The normalized spacial score (nSPS) is 10.9. The van der Waals surface area contributed by atoms with Crippen LogP contribution in [-0.4, -0.2) is 32.3 Å². The van der Waals surface area contributed by atoms with E-state index in [9.17, 15) is 9.59 Å². The number of ether oxygens (including phenoxy) is 1. The molecule has 0 saturated carbocycles. The fraction of sp³-hybridized carbons (Fsp3) is 0.143. The maximum absolute atomic E-state index is 13.0. The van der Waals surface area contributed by atoms with E-state index in [0.717, 1.165) is 16.8 Å². The Bertz CT molecular complexity index is 1600. The quantitative estimate of drug-likeness (QED) is 0.369. The molecule has 0 radical (unpaired) electrons. The second-order valence-electron chi connectivity index (χ2n) is 8.42. The predicted octanol–water partition coefficient (Wildman–Crippen LogP) is 4.60. The second kappa shape index (κ2) is 9.87. The maximum Gasteiger partial charge on any atom is 0.261 e. The number of carbonyl (C=O) groups excluding carboxylic acids is 1. The fourth-order valence-corrected chi connectivity index (χ4v) is 4.03. The lowest BCUT2D eigenvalue weighted by atomic mass is 10.1. The molecule has 0 aliphatic heterocycles. The Labute approximate surface area is 207 Å². The standard InChI is InChI=1S/C28H25N5O3/c1-19-11-13-20(14-12-19)33-26(17-24(31-33)21-7-4-6-10-25(21)36-2)30-27(34)15-16-32-18-29-23-9-5-3-8-22(23)28(32)35/h3-14,17-18H,15-16H2,1-2H3,(H,30,34). The molecule has 0 atom stereocenters. The maximum atomic E-state index is 13.0. The number of fused-ring (bicyclic) bond motifs is 1. The van der Waals surface area contributed by atoms with Crippen molar-refractivity contribution in [2.45, 2.75) is 19.9 Å². The van der Waals surface area contributed by atoms with Crippen molar-refractivity contribution in [3.63, 3.8) is 0 Å². The Morgan fingerprint density at radius 1 is 1.00 bits per heavy atom. The SMILES string of the molecule is COc1ccccc1-c1cc(NC(=O)CCn2cnc3ccccc3c2=O)n(-c2ccc(C)cc2)n1. The summed E-state index contributed by atoms with van der Waals surface area (Å²) in [4.78, 5) is 30.0. The lowest BCUT2D eigenvalue weighted by Gasteiger charge is -2.10. The highest BCUT2D eigenvalue weighted by Gasteiger charge is 2.16. The molecule has 0 spiro atoms. The molecule has 0 fully saturated rings. The third-order valence-electron chi connectivity index (χ3n) is 5.95. The average Bonchev–Trinajstić information content (AvgIpc) is 3.32. The zero-order valence-corrected chi connectivity index (χ0v) is 20.0. The number of aryl methyl sites for hydroxylation is 2. The third kappa shape index (κ3) is 4.61. The van der Waals surface area contributed by atoms with E-state index >= 15 is 0 Å². The molecule has 0 aliphatic rings. The first-order chi connectivity index (χ1) is 17.5. The van der Waals surface area contributed by atoms with Crippen molar-refractivity contribution in [2.24, 2.45) is 0 Å². The van der Waals surface area contributed by atoms with Crippen molar-refractivity contribution in [3.05, 3.63) is 101 Å². The molecule has 0 bridgehead atoms. The number of carbonyl (C=O) groups is 1. The zero-order valence-electron chi connectivity index (χ0n) is 20.0. The van der Waals surface area contributed by atoms with Gasteiger partial charge in [0, 0.05) is 24.6 Å². The first kappa shape index (κ1) is 23.0. The van der Waals surface area contributed by atoms with Gasteiger partial charge in [0.1, 0.15) is 11.6 Å². The molecule has 36 heavy (non-hydrogen) atoms. The van der Waals surface area contributed by atoms with Crippen molar-refractivity contribution in [3.8, 4) is 22.7 Å². The Kier molecular flexibility index (Phi) is 6.32. The van der Waals surface area contributed by atoms with Crippen LogP contribution in [0.4, 0.5) is 5.82 Å². The van der Waals surface area contributed by atoms with Gasteiger partial charge in [-0.3, -0.25) is 14.2 Å². The van der Waals surface area contributed by atoms with Crippen LogP contribution in [-0.2, 0) is 11.3 Å². The van der Waals surface area contributed by atoms with Gasteiger partial charge in [-0.05, 0) is 43.3 Å². The highest BCUT2D eigenvalue weighted by atomic mass is 16.5. The Morgan fingerprint density at radius 2 is 1.75 bits per heavy atom. The summed E-state index contributed by atoms with van der Waals surface area (Å²) in [6.45, 7) is 2.22. The topological polar surface area (TPSA) is 91.0 Å². The number of hydrogen-bond acceptors (Lipinski definition) is 5.